The Morgan fingerprint density at radius 3 is 1.43 bits per heavy atom. The molecule has 4 aromatic rings. The van der Waals surface area contributed by atoms with E-state index in [0.717, 1.165) is 36.4 Å². The molecule has 1 radical (unpaired) electrons. The van der Waals surface area contributed by atoms with Gasteiger partial charge in [0.25, 0.3) is 0 Å². The first-order valence-electron chi connectivity index (χ1n) is 10.2. The van der Waals surface area contributed by atoms with Crippen LogP contribution in [0.5, 0.6) is 0 Å². The van der Waals surface area contributed by atoms with Crippen LogP contribution in [-0.2, 0) is 12.6 Å². The molecule has 0 saturated carbocycles. The normalized spacial score (nSPS) is 13.8. The van der Waals surface area contributed by atoms with Gasteiger partial charge in [0, 0.05) is 35.0 Å². The summed E-state index contributed by atoms with van der Waals surface area (Å²) in [7, 11) is -7.26. The summed E-state index contributed by atoms with van der Waals surface area (Å²) >= 11 is -4.58. The minimum Gasteiger partial charge on any atom is -0.423 e. The zero-order valence-electron chi connectivity index (χ0n) is 18.8. The monoisotopic (exact) mass is 716 g/mol. The molecule has 215 valence electrons. The molecule has 7 nitrogen and oxygen atoms in total. The van der Waals surface area contributed by atoms with Crippen molar-refractivity contribution < 1.29 is 79.5 Å². The van der Waals surface area contributed by atoms with Crippen LogP contribution in [0.4, 0.5) is 39.5 Å². The van der Waals surface area contributed by atoms with Crippen molar-refractivity contribution in [1.29, 1.82) is 0 Å². The molecule has 4 rings (SSSR count). The summed E-state index contributed by atoms with van der Waals surface area (Å²) in [4.78, 5) is 23.2. The number of hydrogen-bond donors (Lipinski definition) is 0. The van der Waals surface area contributed by atoms with Gasteiger partial charge in [0.05, 0.1) is 0 Å². The minimum absolute atomic E-state index is 0.216. The van der Waals surface area contributed by atoms with E-state index in [-0.39, 0.29) is 29.1 Å². The Kier molecular flexibility index (Phi) is 7.28. The van der Waals surface area contributed by atoms with Gasteiger partial charge < -0.3 is 8.83 Å². The number of alkyl halides is 9. The highest BCUT2D eigenvalue weighted by Crippen LogP contribution is 2.54. The molecule has 0 aliphatic carbocycles. The Balaban J connectivity index is 1.90. The third kappa shape index (κ3) is 4.95. The summed E-state index contributed by atoms with van der Waals surface area (Å²) in [5.41, 5.74) is -2.35. The van der Waals surface area contributed by atoms with Crippen LogP contribution >= 0.6 is 0 Å². The van der Waals surface area contributed by atoms with Crippen molar-refractivity contribution in [2.75, 3.05) is 0 Å². The van der Waals surface area contributed by atoms with Gasteiger partial charge in [-0.05, 0) is 38.9 Å². The van der Waals surface area contributed by atoms with Crippen molar-refractivity contribution >= 4 is 32.1 Å². The predicted molar refractivity (Wildman–Crippen MR) is 113 cm³/mol. The average molecular weight is 716 g/mol. The summed E-state index contributed by atoms with van der Waals surface area (Å²) in [6, 6.07) is 10.8. The van der Waals surface area contributed by atoms with Gasteiger partial charge in [-0.2, -0.15) is 47.9 Å². The number of rotatable bonds is 7. The summed E-state index contributed by atoms with van der Waals surface area (Å²) in [5, 5.41) is -6.66. The first-order valence-corrected chi connectivity index (χ1v) is 14.7. The molecule has 2 heterocycles. The molecule has 0 saturated heterocycles. The van der Waals surface area contributed by atoms with Gasteiger partial charge in [0.2, 0.25) is 0 Å². The Bertz CT molecular complexity index is 1740. The fourth-order valence-corrected chi connectivity index (χ4v) is 10.2. The van der Waals surface area contributed by atoms with Crippen molar-refractivity contribution in [2.45, 2.75) is 23.3 Å². The topological polar surface area (TPSA) is 104 Å². The second-order valence-corrected chi connectivity index (χ2v) is 14.3. The van der Waals surface area contributed by atoms with E-state index in [1.165, 1.54) is 24.3 Å². The lowest BCUT2D eigenvalue weighted by molar-refractivity contribution is -1.03. The van der Waals surface area contributed by atoms with E-state index < -0.39 is 64.9 Å². The third-order valence-electron chi connectivity index (χ3n) is 5.14. The summed E-state index contributed by atoms with van der Waals surface area (Å²) in [6.45, 7) is 0. The van der Waals surface area contributed by atoms with E-state index in [0.29, 0.717) is 0 Å². The highest BCUT2D eigenvalue weighted by Gasteiger charge is 2.86. The SMILES string of the molecule is O=c1ccc2ccc([I+](OS(=O)(=O)C(F)(F)C(F)(F)C(F)(F)C(F)(F)F)c3ccc4ccc(=O)oc4c3)cc2o1. The van der Waals surface area contributed by atoms with Crippen molar-refractivity contribution in [3.8, 4) is 0 Å². The summed E-state index contributed by atoms with van der Waals surface area (Å²) < 4.78 is 160. The molecule has 0 atom stereocenters. The second kappa shape index (κ2) is 9.75. The molecule has 18 heteroatoms. The van der Waals surface area contributed by atoms with Gasteiger partial charge >= 0.3 is 64.9 Å². The van der Waals surface area contributed by atoms with Gasteiger partial charge in [-0.1, -0.05) is 0 Å². The fraction of sp³-hybridized carbons (Fsp3) is 0.182. The van der Waals surface area contributed by atoms with Crippen LogP contribution in [0.15, 0.2) is 79.1 Å². The standard InChI is InChI=1S/C22H10F9IO7S/c23-19(24,21(27,28)29)20(25,26)22(30,31)40(35,36)39-32(13-5-1-11-3-7-17(33)37-15(11)9-13)14-6-2-12-4-8-18(34)38-16(12)10-14/h1-10H/q+1. The zero-order valence-corrected chi connectivity index (χ0v) is 21.8. The highest BCUT2D eigenvalue weighted by molar-refractivity contribution is 7.87. The molecule has 0 unspecified atom stereocenters. The molecule has 0 amide bonds. The molecule has 0 aliphatic rings. The maximum Gasteiger partial charge on any atom is 0.460 e. The van der Waals surface area contributed by atoms with E-state index in [1.54, 1.807) is 0 Å². The van der Waals surface area contributed by atoms with E-state index in [2.05, 4.69) is 2.51 Å². The number of fused-ring (bicyclic) bond motifs is 2. The van der Waals surface area contributed by atoms with Crippen LogP contribution in [0.1, 0.15) is 0 Å². The molecule has 0 N–H and O–H groups in total. The predicted octanol–water partition coefficient (Wildman–Crippen LogP) is 2.25. The van der Waals surface area contributed by atoms with Crippen LogP contribution in [0.3, 0.4) is 0 Å². The first kappa shape index (κ1) is 29.8. The maximum absolute atomic E-state index is 14.5. The van der Waals surface area contributed by atoms with E-state index in [4.69, 9.17) is 8.83 Å². The quantitative estimate of drug-likeness (QED) is 0.164. The second-order valence-electron chi connectivity index (χ2n) is 7.80. The van der Waals surface area contributed by atoms with E-state index >= 15 is 0 Å². The lowest BCUT2D eigenvalue weighted by atomic mass is 10.1. The summed E-state index contributed by atoms with van der Waals surface area (Å²) in [5.74, 6) is -15.0. The van der Waals surface area contributed by atoms with E-state index in [1.807, 2.05) is 0 Å². The van der Waals surface area contributed by atoms with E-state index in [9.17, 15) is 57.5 Å². The third-order valence-corrected chi connectivity index (χ3v) is 12.4. The molecular weight excluding hydrogens is 706 g/mol. The Morgan fingerprint density at radius 2 is 1.02 bits per heavy atom. The molecular formula is C22H10F9IO7S+. The number of benzene rings is 2. The minimum atomic E-state index is -7.51. The van der Waals surface area contributed by atoms with Gasteiger partial charge in [-0.3, -0.25) is 0 Å². The lowest BCUT2D eigenvalue weighted by Crippen LogP contribution is -3.85. The molecule has 0 fully saturated rings. The van der Waals surface area contributed by atoms with Crippen molar-refractivity contribution in [3.05, 3.63) is 88.6 Å². The molecule has 2 aromatic carbocycles. The zero-order chi connectivity index (χ0) is 29.9. The summed E-state index contributed by atoms with van der Waals surface area (Å²) in [6.07, 6.45) is -7.26. The molecule has 0 spiro atoms. The van der Waals surface area contributed by atoms with Crippen molar-refractivity contribution in [1.82, 2.24) is 0 Å². The maximum atomic E-state index is 14.5. The molecule has 40 heavy (non-hydrogen) atoms. The Labute approximate surface area is 223 Å². The largest absolute Gasteiger partial charge is 0.460 e. The molecule has 0 aliphatic heterocycles. The van der Waals surface area contributed by atoms with Crippen molar-refractivity contribution in [3.63, 3.8) is 0 Å². The fourth-order valence-electron chi connectivity index (χ4n) is 3.12. The average Bonchev–Trinajstić information content (AvgIpc) is 2.85. The van der Waals surface area contributed by atoms with Gasteiger partial charge in [-0.15, -0.1) is 0 Å². The Hall–Kier alpha value is -3.13. The molecule has 0 bridgehead atoms. The van der Waals surface area contributed by atoms with Crippen LogP contribution in [-0.4, -0.2) is 31.7 Å². The van der Waals surface area contributed by atoms with Gasteiger partial charge in [0.15, 0.2) is 7.14 Å². The number of hydrogen-bond acceptors (Lipinski definition) is 7. The number of halogens is 10. The van der Waals surface area contributed by atoms with Gasteiger partial charge in [0.1, 0.15) is 11.2 Å². The lowest BCUT2D eigenvalue weighted by Gasteiger charge is -2.31. The smallest absolute Gasteiger partial charge is 0.423 e. The van der Waals surface area contributed by atoms with Crippen LogP contribution in [0, 0.1) is 7.14 Å². The van der Waals surface area contributed by atoms with Crippen LogP contribution in [0.25, 0.3) is 21.9 Å². The van der Waals surface area contributed by atoms with Crippen molar-refractivity contribution in [2.24, 2.45) is 0 Å². The van der Waals surface area contributed by atoms with Crippen LogP contribution < -0.4 is 31.5 Å². The van der Waals surface area contributed by atoms with Crippen LogP contribution in [0.2, 0.25) is 0 Å². The first-order chi connectivity index (χ1) is 18.3. The molecule has 2 aromatic heterocycles. The van der Waals surface area contributed by atoms with Gasteiger partial charge in [-0.25, -0.2) is 9.59 Å². The highest BCUT2D eigenvalue weighted by atomic mass is 127. The Morgan fingerprint density at radius 1 is 0.625 bits per heavy atom.